The molecule has 0 amide bonds. The van der Waals surface area contributed by atoms with E-state index < -0.39 is 50.0 Å². The van der Waals surface area contributed by atoms with Crippen molar-refractivity contribution in [3.8, 4) is 0 Å². The zero-order chi connectivity index (χ0) is 8.36. The van der Waals surface area contributed by atoms with Gasteiger partial charge in [0.1, 0.15) is 0 Å². The third-order valence-corrected chi connectivity index (χ3v) is 6.14. The van der Waals surface area contributed by atoms with Crippen LogP contribution in [0.3, 0.4) is 0 Å². The van der Waals surface area contributed by atoms with E-state index in [9.17, 15) is 0 Å². The predicted molar refractivity (Wildman–Crippen MR) is 51.5 cm³/mol. The molecule has 0 aromatic rings. The fourth-order valence-corrected chi connectivity index (χ4v) is 6.06. The molecule has 0 aliphatic heterocycles. The van der Waals surface area contributed by atoms with Gasteiger partial charge >= 0.3 is 0 Å². The molecule has 0 aromatic heterocycles. The van der Waals surface area contributed by atoms with Crippen molar-refractivity contribution in [2.75, 3.05) is 0 Å². The Bertz CT molecular complexity index is 60.0. The summed E-state index contributed by atoms with van der Waals surface area (Å²) in [6.45, 7) is 0. The lowest BCUT2D eigenvalue weighted by Crippen LogP contribution is -2.17. The first kappa shape index (κ1) is 11.8. The molecule has 0 heterocycles. The van der Waals surface area contributed by atoms with Crippen LogP contribution in [0.4, 0.5) is 0 Å². The summed E-state index contributed by atoms with van der Waals surface area (Å²) in [6.07, 6.45) is 0. The highest BCUT2D eigenvalue weighted by atomic mass is 28.4. The van der Waals surface area contributed by atoms with Crippen molar-refractivity contribution in [1.82, 2.24) is 0 Å². The van der Waals surface area contributed by atoms with E-state index in [4.69, 9.17) is 26.1 Å². The molecule has 11 heavy (non-hydrogen) atoms. The Balaban J connectivity index is 2.69. The van der Waals surface area contributed by atoms with Gasteiger partial charge in [-0.25, -0.2) is 0 Å². The lowest BCUT2D eigenvalue weighted by Gasteiger charge is -2.03. The minimum Gasteiger partial charge on any atom is -0.425 e. The van der Waals surface area contributed by atoms with E-state index in [0.29, 0.717) is 0 Å². The second-order valence-corrected chi connectivity index (χ2v) is 9.18. The molecule has 0 fully saturated rings. The molecule has 0 aliphatic rings. The summed E-state index contributed by atoms with van der Waals surface area (Å²) in [5.74, 6) is 0. The Morgan fingerprint density at radius 1 is 0.636 bits per heavy atom. The van der Waals surface area contributed by atoms with Crippen LogP contribution in [0.25, 0.3) is 0 Å². The second kappa shape index (κ2) is 10.8. The van der Waals surface area contributed by atoms with Gasteiger partial charge in [-0.15, -0.1) is 0 Å². The lowest BCUT2D eigenvalue weighted by molar-refractivity contribution is 0.371. The average Bonchev–Trinajstić information content (AvgIpc) is 2.03. The van der Waals surface area contributed by atoms with Gasteiger partial charge in [0, 0.05) is 0 Å². The molecule has 0 unspecified atom stereocenters. The number of hydrogen-bond donors (Lipinski definition) is 2. The van der Waals surface area contributed by atoms with Crippen molar-refractivity contribution in [2.24, 2.45) is 0 Å². The van der Waals surface area contributed by atoms with Crippen LogP contribution in [0.5, 0.6) is 0 Å². The fourth-order valence-electron chi connectivity index (χ4n) is 0.319. The molecule has 0 saturated carbocycles. The molecule has 0 radical (unpaired) electrons. The first-order valence-corrected chi connectivity index (χ1v) is 8.83. The Labute approximate surface area is 76.5 Å². The van der Waals surface area contributed by atoms with Crippen molar-refractivity contribution in [1.29, 1.82) is 0 Å². The van der Waals surface area contributed by atoms with E-state index in [1.807, 2.05) is 0 Å². The van der Waals surface area contributed by atoms with Crippen LogP contribution in [0.15, 0.2) is 0 Å². The smallest absolute Gasteiger partial charge is 0.292 e. The zero-order valence-corrected chi connectivity index (χ0v) is 13.1. The molecule has 2 N–H and O–H groups in total. The van der Waals surface area contributed by atoms with Gasteiger partial charge in [0.05, 0.1) is 0 Å². The Hall–Kier alpha value is 0.844. The molecule has 11 heteroatoms. The van der Waals surface area contributed by atoms with Gasteiger partial charge in [-0.3, -0.25) is 0 Å². The summed E-state index contributed by atoms with van der Waals surface area (Å²) in [6, 6.07) is 0. The van der Waals surface area contributed by atoms with Crippen LogP contribution in [0, 0.1) is 0 Å². The molecule has 0 rings (SSSR count). The molecule has 0 bridgehead atoms. The van der Waals surface area contributed by atoms with E-state index in [-0.39, 0.29) is 0 Å². The van der Waals surface area contributed by atoms with Crippen LogP contribution in [0.1, 0.15) is 0 Å². The first-order chi connectivity index (χ1) is 5.41. The van der Waals surface area contributed by atoms with Gasteiger partial charge in [-0.1, -0.05) is 0 Å². The molecule has 68 valence electrons. The summed E-state index contributed by atoms with van der Waals surface area (Å²) in [5, 5.41) is 0. The van der Waals surface area contributed by atoms with Crippen LogP contribution in [-0.4, -0.2) is 59.6 Å². The molecule has 0 atom stereocenters. The maximum absolute atomic E-state index is 8.31. The predicted octanol–water partition coefficient (Wildman–Crippen LogP) is -5.97. The maximum Gasteiger partial charge on any atom is 0.292 e. The normalized spacial score (nSPS) is 15.8. The highest BCUT2D eigenvalue weighted by Crippen LogP contribution is 1.72. The number of rotatable bonds is 8. The minimum absolute atomic E-state index is 0.934. The van der Waals surface area contributed by atoms with E-state index >= 15 is 0 Å². The molecule has 6 nitrogen and oxygen atoms in total. The second-order valence-electron chi connectivity index (χ2n) is 1.43. The molecule has 0 aliphatic carbocycles. The van der Waals surface area contributed by atoms with Crippen molar-refractivity contribution in [3.05, 3.63) is 0 Å². The summed E-state index contributed by atoms with van der Waals surface area (Å²) in [7, 11) is -5.41. The van der Waals surface area contributed by atoms with Crippen LogP contribution >= 0.6 is 0 Å². The maximum atomic E-state index is 8.31. The SMILES string of the molecule is O[SiH2]O[SiH2]O[SiH2]O[SiH2]O[SiH2]O. The average molecular weight is 249 g/mol. The Kier molecular flexibility index (Phi) is 11.7. The molecule has 0 aromatic carbocycles. The van der Waals surface area contributed by atoms with Gasteiger partial charge in [0.2, 0.25) is 0 Å². The van der Waals surface area contributed by atoms with Crippen LogP contribution < -0.4 is 0 Å². The standard InChI is InChI=1S/H12O6Si5/c1-7-3-9-5-11-6-10-4-8-2/h1-2H,7-11H2. The molecular weight excluding hydrogens is 236 g/mol. The van der Waals surface area contributed by atoms with E-state index in [1.165, 1.54) is 0 Å². The van der Waals surface area contributed by atoms with Gasteiger partial charge in [0.15, 0.2) is 0 Å². The summed E-state index contributed by atoms with van der Waals surface area (Å²) in [5.41, 5.74) is 0. The van der Waals surface area contributed by atoms with Crippen LogP contribution in [-0.2, 0) is 16.5 Å². The van der Waals surface area contributed by atoms with E-state index in [1.54, 1.807) is 0 Å². The number of hydrogen-bond acceptors (Lipinski definition) is 6. The van der Waals surface area contributed by atoms with Crippen molar-refractivity contribution in [2.45, 2.75) is 0 Å². The Morgan fingerprint density at radius 2 is 1.00 bits per heavy atom. The van der Waals surface area contributed by atoms with E-state index in [0.717, 1.165) is 0 Å². The van der Waals surface area contributed by atoms with Crippen LogP contribution in [0.2, 0.25) is 0 Å². The van der Waals surface area contributed by atoms with Gasteiger partial charge < -0.3 is 26.1 Å². The zero-order valence-electron chi connectivity index (χ0n) is 6.06. The molecular formula is H12O6Si5. The Morgan fingerprint density at radius 3 is 1.36 bits per heavy atom. The summed E-state index contributed by atoms with van der Waals surface area (Å²) < 4.78 is 19.5. The third kappa shape index (κ3) is 10.8. The first-order valence-electron chi connectivity index (χ1n) is 2.94. The monoisotopic (exact) mass is 248 g/mol. The largest absolute Gasteiger partial charge is 0.425 e. The van der Waals surface area contributed by atoms with Gasteiger partial charge in [-0.2, -0.15) is 0 Å². The van der Waals surface area contributed by atoms with Crippen molar-refractivity contribution >= 4 is 50.0 Å². The van der Waals surface area contributed by atoms with E-state index in [2.05, 4.69) is 0 Å². The van der Waals surface area contributed by atoms with Crippen molar-refractivity contribution < 1.29 is 26.1 Å². The molecule has 0 saturated heterocycles. The highest BCUT2D eigenvalue weighted by Gasteiger charge is 1.90. The minimum atomic E-state index is -1.28. The summed E-state index contributed by atoms with van der Waals surface area (Å²) >= 11 is 0. The molecule has 0 spiro atoms. The lowest BCUT2D eigenvalue weighted by atomic mass is 15.7. The van der Waals surface area contributed by atoms with Gasteiger partial charge in [-0.05, 0) is 0 Å². The fraction of sp³-hybridized carbons (Fsp3) is 0. The topological polar surface area (TPSA) is 77.4 Å². The van der Waals surface area contributed by atoms with Crippen molar-refractivity contribution in [3.63, 3.8) is 0 Å². The quantitative estimate of drug-likeness (QED) is 0.329. The highest BCUT2D eigenvalue weighted by molar-refractivity contribution is 6.45. The van der Waals surface area contributed by atoms with Gasteiger partial charge in [0.25, 0.3) is 50.0 Å². The third-order valence-electron chi connectivity index (χ3n) is 0.683. The summed E-state index contributed by atoms with van der Waals surface area (Å²) in [4.78, 5) is 16.6.